The third kappa shape index (κ3) is 10.4. The Bertz CT molecular complexity index is 1730. The molecule has 2 aliphatic rings. The van der Waals surface area contributed by atoms with E-state index in [0.717, 1.165) is 81.9 Å². The van der Waals surface area contributed by atoms with Crippen LogP contribution in [0.25, 0.3) is 0 Å². The van der Waals surface area contributed by atoms with Crippen LogP contribution in [0.1, 0.15) is 39.7 Å². The summed E-state index contributed by atoms with van der Waals surface area (Å²) in [5.74, 6) is -0.859. The highest BCUT2D eigenvalue weighted by Crippen LogP contribution is 2.32. The minimum absolute atomic E-state index is 0. The van der Waals surface area contributed by atoms with Crippen LogP contribution in [0.15, 0.2) is 36.4 Å². The Morgan fingerprint density at radius 3 is 1.62 bits per heavy atom. The maximum absolute atomic E-state index is 11.2. The number of aromatic nitrogens is 2. The fourth-order valence-corrected chi connectivity index (χ4v) is 7.79. The second-order valence-electron chi connectivity index (χ2n) is 10.7. The topological polar surface area (TPSA) is 112 Å². The van der Waals surface area contributed by atoms with Gasteiger partial charge in [-0.25, -0.2) is 9.97 Å². The fourth-order valence-electron chi connectivity index (χ4n) is 4.97. The zero-order valence-electron chi connectivity index (χ0n) is 25.2. The number of nitriles is 1. The second kappa shape index (κ2) is 18.4. The average molecular weight is 772 g/mol. The number of ether oxygens (including phenoxy) is 2. The molecule has 0 atom stereocenters. The molecule has 2 fully saturated rings. The quantitative estimate of drug-likeness (QED) is 0.181. The van der Waals surface area contributed by atoms with Crippen molar-refractivity contribution in [3.05, 3.63) is 88.8 Å². The summed E-state index contributed by atoms with van der Waals surface area (Å²) in [5, 5.41) is 22.1. The number of hydrogen-bond donors (Lipinski definition) is 1. The van der Waals surface area contributed by atoms with Crippen molar-refractivity contribution >= 4 is 85.3 Å². The number of carboxylic acid groups (broad SMARTS) is 1. The smallest absolute Gasteiger partial charge is 0.308 e. The first kappa shape index (κ1) is 38.1. The van der Waals surface area contributed by atoms with Crippen LogP contribution in [0.2, 0.25) is 20.1 Å². The Morgan fingerprint density at radius 2 is 1.21 bits per heavy atom. The summed E-state index contributed by atoms with van der Waals surface area (Å²) in [4.78, 5) is 26.7. The van der Waals surface area contributed by atoms with Gasteiger partial charge in [0.15, 0.2) is 10.3 Å². The third-order valence-electron chi connectivity index (χ3n) is 7.36. The van der Waals surface area contributed by atoms with Crippen LogP contribution in [0.5, 0.6) is 0 Å². The molecule has 0 bridgehead atoms. The molecule has 48 heavy (non-hydrogen) atoms. The maximum atomic E-state index is 11.2. The van der Waals surface area contributed by atoms with Gasteiger partial charge in [0.25, 0.3) is 0 Å². The van der Waals surface area contributed by atoms with Gasteiger partial charge < -0.3 is 24.4 Å². The lowest BCUT2D eigenvalue weighted by Gasteiger charge is -2.26. The molecule has 0 unspecified atom stereocenters. The van der Waals surface area contributed by atoms with Gasteiger partial charge in [-0.15, -0.1) is 22.7 Å². The van der Waals surface area contributed by atoms with Crippen molar-refractivity contribution in [3.63, 3.8) is 0 Å². The summed E-state index contributed by atoms with van der Waals surface area (Å²) in [5.41, 5.74) is 3.71. The number of halogens is 4. The molecular weight excluding hydrogens is 736 g/mol. The van der Waals surface area contributed by atoms with E-state index < -0.39 is 5.97 Å². The highest BCUT2D eigenvalue weighted by atomic mass is 35.5. The Balaban J connectivity index is 0.000000212. The van der Waals surface area contributed by atoms with Crippen molar-refractivity contribution in [1.29, 1.82) is 5.26 Å². The minimum Gasteiger partial charge on any atom is -0.481 e. The maximum Gasteiger partial charge on any atom is 0.308 e. The number of carbonyl (C=O) groups is 1. The lowest BCUT2D eigenvalue weighted by molar-refractivity contribution is -0.136. The van der Waals surface area contributed by atoms with E-state index in [0.29, 0.717) is 52.6 Å². The largest absolute Gasteiger partial charge is 0.481 e. The molecule has 15 heteroatoms. The number of rotatable bonds is 9. The molecule has 6 rings (SSSR count). The highest BCUT2D eigenvalue weighted by Gasteiger charge is 2.21. The summed E-state index contributed by atoms with van der Waals surface area (Å²) in [6.45, 7) is 5.98. The Kier molecular flexibility index (Phi) is 14.6. The van der Waals surface area contributed by atoms with E-state index in [2.05, 4.69) is 20.9 Å². The summed E-state index contributed by atoms with van der Waals surface area (Å²) < 4.78 is 10.7. The molecule has 0 aliphatic carbocycles. The number of hydrogen-bond acceptors (Lipinski definition) is 10. The molecule has 4 aromatic rings. The number of thiazole rings is 2. The lowest BCUT2D eigenvalue weighted by Crippen LogP contribution is -2.36. The molecule has 2 aliphatic heterocycles. The van der Waals surface area contributed by atoms with Gasteiger partial charge in [-0.05, 0) is 35.4 Å². The van der Waals surface area contributed by atoms with Crippen LogP contribution < -0.4 is 9.80 Å². The molecule has 0 spiro atoms. The van der Waals surface area contributed by atoms with Crippen molar-refractivity contribution < 1.29 is 19.4 Å². The predicted molar refractivity (Wildman–Crippen MR) is 196 cm³/mol. The summed E-state index contributed by atoms with van der Waals surface area (Å²) >= 11 is 27.1. The molecule has 0 saturated carbocycles. The van der Waals surface area contributed by atoms with Crippen molar-refractivity contribution in [1.82, 2.24) is 9.97 Å². The Hall–Kier alpha value is -2.66. The SMILES string of the molecule is C.N#CCc1sc(N2CCOCC2)nc1Cc1ccc(Cl)c(Cl)c1.O=C(O)Cc1sc(N2CCOCC2)nc1Cc1ccc(Cl)c(Cl)c1. The number of morpholine rings is 2. The average Bonchev–Trinajstić information content (AvgIpc) is 3.65. The van der Waals surface area contributed by atoms with Crippen LogP contribution >= 0.6 is 69.1 Å². The van der Waals surface area contributed by atoms with E-state index in [4.69, 9.17) is 71.2 Å². The van der Waals surface area contributed by atoms with E-state index in [-0.39, 0.29) is 13.8 Å². The molecule has 0 amide bonds. The molecule has 1 N–H and O–H groups in total. The summed E-state index contributed by atoms with van der Waals surface area (Å²) in [6, 6.07) is 13.2. The molecular formula is C33H35Cl4N5O4S2. The van der Waals surface area contributed by atoms with Crippen molar-refractivity contribution in [3.8, 4) is 6.07 Å². The van der Waals surface area contributed by atoms with Gasteiger partial charge in [-0.1, -0.05) is 66.0 Å². The predicted octanol–water partition coefficient (Wildman–Crippen LogP) is 8.08. The molecule has 4 heterocycles. The Labute approximate surface area is 308 Å². The minimum atomic E-state index is -0.859. The monoisotopic (exact) mass is 769 g/mol. The number of benzene rings is 2. The third-order valence-corrected chi connectivity index (χ3v) is 11.2. The van der Waals surface area contributed by atoms with Crippen LogP contribution in [0.4, 0.5) is 10.3 Å². The molecule has 0 radical (unpaired) electrons. The van der Waals surface area contributed by atoms with Crippen molar-refractivity contribution in [2.24, 2.45) is 0 Å². The Morgan fingerprint density at radius 1 is 0.771 bits per heavy atom. The van der Waals surface area contributed by atoms with E-state index in [1.165, 1.54) is 11.3 Å². The van der Waals surface area contributed by atoms with Crippen molar-refractivity contribution in [2.45, 2.75) is 33.1 Å². The van der Waals surface area contributed by atoms with Gasteiger partial charge >= 0.3 is 5.97 Å². The standard InChI is InChI=1S/C16H15Cl2N3OS.C16H16Cl2N2O3S.CH4/c17-12-2-1-11(9-13(12)18)10-14-15(3-4-19)23-16(20-14)21-5-7-22-8-6-21;17-11-2-1-10(7-12(11)18)8-13-14(9-15(21)22)24-16(19-13)20-3-5-23-6-4-20;/h1-2,9H,3,5-8,10H2;1-2,7H,3-6,8-9H2,(H,21,22);1H4. The molecule has 2 aromatic heterocycles. The van der Waals surface area contributed by atoms with Gasteiger partial charge in [-0.3, -0.25) is 4.79 Å². The molecule has 256 valence electrons. The zero-order chi connectivity index (χ0) is 33.3. The van der Waals surface area contributed by atoms with Crippen LogP contribution in [0.3, 0.4) is 0 Å². The first-order valence-electron chi connectivity index (χ1n) is 14.8. The highest BCUT2D eigenvalue weighted by molar-refractivity contribution is 7.16. The van der Waals surface area contributed by atoms with E-state index >= 15 is 0 Å². The van der Waals surface area contributed by atoms with Crippen LogP contribution in [-0.2, 0) is 40.0 Å². The van der Waals surface area contributed by atoms with Gasteiger partial charge in [0.2, 0.25) is 0 Å². The molecule has 2 aromatic carbocycles. The number of carboxylic acids is 1. The first-order valence-corrected chi connectivity index (χ1v) is 17.9. The van der Waals surface area contributed by atoms with Crippen molar-refractivity contribution in [2.75, 3.05) is 62.4 Å². The zero-order valence-corrected chi connectivity index (χ0v) is 29.8. The van der Waals surface area contributed by atoms with E-state index in [9.17, 15) is 4.79 Å². The first-order chi connectivity index (χ1) is 22.7. The van der Waals surface area contributed by atoms with Crippen LogP contribution in [0, 0.1) is 11.3 Å². The van der Waals surface area contributed by atoms with Gasteiger partial charge in [-0.2, -0.15) is 5.26 Å². The van der Waals surface area contributed by atoms with Gasteiger partial charge in [0, 0.05) is 48.8 Å². The molecule has 2 saturated heterocycles. The van der Waals surface area contributed by atoms with Gasteiger partial charge in [0.05, 0.1) is 76.8 Å². The van der Waals surface area contributed by atoms with Crippen LogP contribution in [-0.4, -0.2) is 73.7 Å². The molecule has 9 nitrogen and oxygen atoms in total. The lowest BCUT2D eigenvalue weighted by atomic mass is 10.1. The number of anilines is 2. The van der Waals surface area contributed by atoms with Gasteiger partial charge in [0.1, 0.15) is 0 Å². The summed E-state index contributed by atoms with van der Waals surface area (Å²) in [7, 11) is 0. The summed E-state index contributed by atoms with van der Waals surface area (Å²) in [6.07, 6.45) is 1.52. The van der Waals surface area contributed by atoms with E-state index in [1.807, 2.05) is 18.2 Å². The number of nitrogens with zero attached hydrogens (tertiary/aromatic N) is 5. The fraction of sp³-hybridized carbons (Fsp3) is 0.394. The second-order valence-corrected chi connectivity index (χ2v) is 14.4. The normalized spacial score (nSPS) is 14.5. The number of aliphatic carboxylic acids is 1. The van der Waals surface area contributed by atoms with E-state index in [1.54, 1.807) is 29.5 Å².